The highest BCUT2D eigenvalue weighted by Crippen LogP contribution is 2.19. The van der Waals surface area contributed by atoms with E-state index in [0.717, 1.165) is 36.3 Å². The summed E-state index contributed by atoms with van der Waals surface area (Å²) in [5, 5.41) is 3.48. The van der Waals surface area contributed by atoms with Crippen LogP contribution in [0.15, 0.2) is 54.6 Å². The molecule has 0 aliphatic heterocycles. The van der Waals surface area contributed by atoms with Gasteiger partial charge in [0, 0.05) is 12.6 Å². The molecule has 1 fully saturated rings. The fourth-order valence-corrected chi connectivity index (χ4v) is 2.64. The van der Waals surface area contributed by atoms with Crippen molar-refractivity contribution in [3.05, 3.63) is 60.2 Å². The van der Waals surface area contributed by atoms with Crippen LogP contribution in [0.4, 0.5) is 0 Å². The van der Waals surface area contributed by atoms with Gasteiger partial charge in [0.15, 0.2) is 0 Å². The highest BCUT2D eigenvalue weighted by atomic mass is 16.5. The molecule has 2 aromatic rings. The van der Waals surface area contributed by atoms with Gasteiger partial charge in [0.2, 0.25) is 0 Å². The van der Waals surface area contributed by atoms with Gasteiger partial charge in [-0.25, -0.2) is 0 Å². The molecule has 1 aliphatic carbocycles. The summed E-state index contributed by atoms with van der Waals surface area (Å²) in [4.78, 5) is 0. The molecule has 2 aromatic carbocycles. The minimum atomic E-state index is 0.563. The summed E-state index contributed by atoms with van der Waals surface area (Å²) in [5.74, 6) is 1.68. The van der Waals surface area contributed by atoms with Crippen LogP contribution in [-0.2, 0) is 11.3 Å². The van der Waals surface area contributed by atoms with E-state index in [0.29, 0.717) is 19.8 Å². The normalized spacial score (nSPS) is 14.1. The van der Waals surface area contributed by atoms with Gasteiger partial charge >= 0.3 is 0 Å². The van der Waals surface area contributed by atoms with Gasteiger partial charge < -0.3 is 19.5 Å². The molecule has 0 radical (unpaired) electrons. The van der Waals surface area contributed by atoms with Crippen molar-refractivity contribution in [2.24, 2.45) is 0 Å². The summed E-state index contributed by atoms with van der Waals surface area (Å²) < 4.78 is 17.0. The van der Waals surface area contributed by atoms with Crippen LogP contribution in [0.3, 0.4) is 0 Å². The number of benzene rings is 2. The zero-order valence-corrected chi connectivity index (χ0v) is 14.7. The van der Waals surface area contributed by atoms with Crippen molar-refractivity contribution in [3.63, 3.8) is 0 Å². The van der Waals surface area contributed by atoms with Crippen LogP contribution in [0, 0.1) is 0 Å². The zero-order chi connectivity index (χ0) is 17.2. The molecule has 1 saturated carbocycles. The predicted molar refractivity (Wildman–Crippen MR) is 99.2 cm³/mol. The van der Waals surface area contributed by atoms with Crippen molar-refractivity contribution in [2.75, 3.05) is 26.4 Å². The van der Waals surface area contributed by atoms with Crippen molar-refractivity contribution in [2.45, 2.75) is 31.9 Å². The van der Waals surface area contributed by atoms with Gasteiger partial charge in [-0.15, -0.1) is 0 Å². The third-order valence-corrected chi connectivity index (χ3v) is 4.35. The molecule has 25 heavy (non-hydrogen) atoms. The van der Waals surface area contributed by atoms with E-state index in [1.165, 1.54) is 19.3 Å². The van der Waals surface area contributed by atoms with Gasteiger partial charge in [0.1, 0.15) is 24.7 Å². The molecule has 1 N–H and O–H groups in total. The van der Waals surface area contributed by atoms with Gasteiger partial charge in [-0.05, 0) is 42.7 Å². The Balaban J connectivity index is 1.25. The topological polar surface area (TPSA) is 39.7 Å². The Hall–Kier alpha value is -2.04. The lowest BCUT2D eigenvalue weighted by molar-refractivity contribution is 0.0983. The highest BCUT2D eigenvalue weighted by molar-refractivity contribution is 5.31. The minimum absolute atomic E-state index is 0.563. The Kier molecular flexibility index (Phi) is 7.16. The zero-order valence-electron chi connectivity index (χ0n) is 14.7. The first-order chi connectivity index (χ1) is 12.4. The van der Waals surface area contributed by atoms with Crippen molar-refractivity contribution < 1.29 is 14.2 Å². The van der Waals surface area contributed by atoms with Crippen molar-refractivity contribution >= 4 is 0 Å². The molecule has 3 rings (SSSR count). The highest BCUT2D eigenvalue weighted by Gasteiger charge is 2.15. The van der Waals surface area contributed by atoms with Crippen molar-refractivity contribution in [3.8, 4) is 11.5 Å². The fourth-order valence-electron chi connectivity index (χ4n) is 2.64. The van der Waals surface area contributed by atoms with Crippen LogP contribution in [-0.4, -0.2) is 32.4 Å². The summed E-state index contributed by atoms with van der Waals surface area (Å²) in [6.07, 6.45) is 3.99. The van der Waals surface area contributed by atoms with Gasteiger partial charge in [0.25, 0.3) is 0 Å². The second kappa shape index (κ2) is 10.1. The number of ether oxygens (including phenoxy) is 3. The first kappa shape index (κ1) is 17.8. The van der Waals surface area contributed by atoms with E-state index in [4.69, 9.17) is 14.2 Å². The molecule has 0 spiro atoms. The molecule has 0 saturated heterocycles. The first-order valence-electron chi connectivity index (χ1n) is 9.11. The lowest BCUT2D eigenvalue weighted by atomic mass is 9.93. The van der Waals surface area contributed by atoms with E-state index >= 15 is 0 Å². The Bertz CT molecular complexity index is 596. The number of hydrogen-bond acceptors (Lipinski definition) is 4. The van der Waals surface area contributed by atoms with Crippen LogP contribution in [0.5, 0.6) is 11.5 Å². The first-order valence-corrected chi connectivity index (χ1v) is 9.11. The number of nitrogens with one attached hydrogen (secondary N) is 1. The maximum Gasteiger partial charge on any atom is 0.120 e. The van der Waals surface area contributed by atoms with E-state index in [1.54, 1.807) is 0 Å². The van der Waals surface area contributed by atoms with E-state index in [9.17, 15) is 0 Å². The molecule has 4 heteroatoms. The second-order valence-corrected chi connectivity index (χ2v) is 6.29. The molecule has 0 unspecified atom stereocenters. The Morgan fingerprint density at radius 2 is 1.52 bits per heavy atom. The molecule has 0 atom stereocenters. The predicted octanol–water partition coefficient (Wildman–Crippen LogP) is 3.80. The minimum Gasteiger partial charge on any atom is -0.491 e. The third-order valence-electron chi connectivity index (χ3n) is 4.35. The fraction of sp³-hybridized carbons (Fsp3) is 0.429. The van der Waals surface area contributed by atoms with E-state index in [1.807, 2.05) is 42.5 Å². The molecular weight excluding hydrogens is 314 g/mol. The molecule has 0 aromatic heterocycles. The molecule has 0 heterocycles. The van der Waals surface area contributed by atoms with Gasteiger partial charge in [-0.3, -0.25) is 0 Å². The standard InChI is InChI=1S/C21H27NO3/c1-2-5-18(6-3-1)17-25-21-11-9-20(10-12-21)24-16-15-23-14-13-22-19-7-4-8-19/h1-3,5-6,9-12,19,22H,4,7-8,13-17H2. The maximum atomic E-state index is 5.76. The summed E-state index contributed by atoms with van der Waals surface area (Å²) in [6, 6.07) is 18.6. The van der Waals surface area contributed by atoms with E-state index in [-0.39, 0.29) is 0 Å². The molecule has 134 valence electrons. The molecule has 1 aliphatic rings. The average molecular weight is 341 g/mol. The monoisotopic (exact) mass is 341 g/mol. The largest absolute Gasteiger partial charge is 0.491 e. The summed E-state index contributed by atoms with van der Waals surface area (Å²) in [7, 11) is 0. The lowest BCUT2D eigenvalue weighted by Gasteiger charge is -2.26. The van der Waals surface area contributed by atoms with Crippen LogP contribution in [0.1, 0.15) is 24.8 Å². The smallest absolute Gasteiger partial charge is 0.120 e. The number of rotatable bonds is 11. The van der Waals surface area contributed by atoms with Crippen molar-refractivity contribution in [1.82, 2.24) is 5.32 Å². The van der Waals surface area contributed by atoms with Crippen LogP contribution in [0.25, 0.3) is 0 Å². The summed E-state index contributed by atoms with van der Waals surface area (Å²) in [6.45, 7) is 3.42. The van der Waals surface area contributed by atoms with E-state index in [2.05, 4.69) is 17.4 Å². The Morgan fingerprint density at radius 3 is 2.20 bits per heavy atom. The Labute approximate surface area is 150 Å². The molecule has 4 nitrogen and oxygen atoms in total. The third kappa shape index (κ3) is 6.40. The summed E-state index contributed by atoms with van der Waals surface area (Å²) in [5.41, 5.74) is 1.16. The molecular formula is C21H27NO3. The van der Waals surface area contributed by atoms with Gasteiger partial charge in [-0.1, -0.05) is 36.8 Å². The molecule has 0 amide bonds. The maximum absolute atomic E-state index is 5.76. The van der Waals surface area contributed by atoms with E-state index < -0.39 is 0 Å². The quantitative estimate of drug-likeness (QED) is 0.631. The van der Waals surface area contributed by atoms with Crippen LogP contribution >= 0.6 is 0 Å². The second-order valence-electron chi connectivity index (χ2n) is 6.29. The Morgan fingerprint density at radius 1 is 0.800 bits per heavy atom. The lowest BCUT2D eigenvalue weighted by Crippen LogP contribution is -2.37. The van der Waals surface area contributed by atoms with Gasteiger partial charge in [-0.2, -0.15) is 0 Å². The average Bonchev–Trinajstić information content (AvgIpc) is 2.62. The van der Waals surface area contributed by atoms with Crippen molar-refractivity contribution in [1.29, 1.82) is 0 Å². The summed E-state index contributed by atoms with van der Waals surface area (Å²) >= 11 is 0. The molecule has 0 bridgehead atoms. The van der Waals surface area contributed by atoms with Crippen LogP contribution < -0.4 is 14.8 Å². The SMILES string of the molecule is c1ccc(COc2ccc(OCCOCCNC3CCC3)cc2)cc1. The number of hydrogen-bond donors (Lipinski definition) is 1. The van der Waals surface area contributed by atoms with Gasteiger partial charge in [0.05, 0.1) is 13.2 Å². The van der Waals surface area contributed by atoms with Crippen LogP contribution in [0.2, 0.25) is 0 Å².